The predicted molar refractivity (Wildman–Crippen MR) is 46.6 cm³/mol. The SMILES string of the molecule is CNC(C)(P)C(C)(C)C. The van der Waals surface area contributed by atoms with Gasteiger partial charge in [0.1, 0.15) is 0 Å². The maximum atomic E-state index is 3.24. The second-order valence-electron chi connectivity index (χ2n) is 3.70. The third-order valence-corrected chi connectivity index (χ3v) is 3.23. The van der Waals surface area contributed by atoms with Gasteiger partial charge in [0.2, 0.25) is 0 Å². The van der Waals surface area contributed by atoms with Crippen LogP contribution in [-0.2, 0) is 0 Å². The zero-order valence-electron chi connectivity index (χ0n) is 7.08. The Labute approximate surface area is 60.8 Å². The van der Waals surface area contributed by atoms with Gasteiger partial charge in [-0.15, -0.1) is 9.24 Å². The minimum Gasteiger partial charge on any atom is -0.311 e. The highest BCUT2D eigenvalue weighted by Crippen LogP contribution is 2.34. The van der Waals surface area contributed by atoms with Crippen LogP contribution in [0.3, 0.4) is 0 Å². The van der Waals surface area contributed by atoms with Crippen LogP contribution in [0.4, 0.5) is 0 Å². The Morgan fingerprint density at radius 2 is 1.44 bits per heavy atom. The van der Waals surface area contributed by atoms with Crippen molar-refractivity contribution < 1.29 is 0 Å². The van der Waals surface area contributed by atoms with Gasteiger partial charge < -0.3 is 5.32 Å². The average Bonchev–Trinajstić information content (AvgIpc) is 1.64. The third-order valence-electron chi connectivity index (χ3n) is 2.08. The lowest BCUT2D eigenvalue weighted by Crippen LogP contribution is -2.44. The molecule has 0 aromatic rings. The van der Waals surface area contributed by atoms with E-state index in [2.05, 4.69) is 42.3 Å². The minimum atomic E-state index is 0.146. The Morgan fingerprint density at radius 1 is 1.11 bits per heavy atom. The molecule has 0 aromatic heterocycles. The topological polar surface area (TPSA) is 12.0 Å². The van der Waals surface area contributed by atoms with Gasteiger partial charge in [0.15, 0.2) is 0 Å². The van der Waals surface area contributed by atoms with E-state index in [4.69, 9.17) is 0 Å². The van der Waals surface area contributed by atoms with Gasteiger partial charge in [-0.3, -0.25) is 0 Å². The Morgan fingerprint density at radius 3 is 1.44 bits per heavy atom. The molecule has 0 aliphatic carbocycles. The molecule has 1 nitrogen and oxygen atoms in total. The molecule has 0 saturated carbocycles. The van der Waals surface area contributed by atoms with Gasteiger partial charge >= 0.3 is 0 Å². The quantitative estimate of drug-likeness (QED) is 0.558. The first-order chi connectivity index (χ1) is 3.81. The molecule has 0 amide bonds. The second-order valence-corrected chi connectivity index (χ2v) is 4.86. The van der Waals surface area contributed by atoms with Crippen LogP contribution in [0.5, 0.6) is 0 Å². The monoisotopic (exact) mass is 147 g/mol. The molecule has 0 bridgehead atoms. The standard InChI is InChI=1S/C7H18NP/c1-6(2,3)7(4,9)8-5/h8H,9H2,1-5H3. The van der Waals surface area contributed by atoms with Gasteiger partial charge in [0, 0.05) is 5.28 Å². The highest BCUT2D eigenvalue weighted by Gasteiger charge is 2.30. The molecule has 0 aliphatic rings. The van der Waals surface area contributed by atoms with Crippen LogP contribution in [0.25, 0.3) is 0 Å². The van der Waals surface area contributed by atoms with Crippen molar-refractivity contribution in [1.82, 2.24) is 5.32 Å². The Balaban J connectivity index is 4.14. The summed E-state index contributed by atoms with van der Waals surface area (Å²) in [4.78, 5) is 0. The number of nitrogens with one attached hydrogen (secondary N) is 1. The van der Waals surface area contributed by atoms with Crippen LogP contribution in [0.15, 0.2) is 0 Å². The van der Waals surface area contributed by atoms with E-state index < -0.39 is 0 Å². The van der Waals surface area contributed by atoms with Gasteiger partial charge in [-0.2, -0.15) is 0 Å². The van der Waals surface area contributed by atoms with E-state index in [9.17, 15) is 0 Å². The number of rotatable bonds is 1. The maximum absolute atomic E-state index is 3.24. The van der Waals surface area contributed by atoms with Crippen LogP contribution in [0.2, 0.25) is 0 Å². The van der Waals surface area contributed by atoms with Gasteiger partial charge in [0.05, 0.1) is 0 Å². The first-order valence-electron chi connectivity index (χ1n) is 3.29. The van der Waals surface area contributed by atoms with E-state index in [1.165, 1.54) is 0 Å². The Bertz CT molecular complexity index is 91.6. The molecule has 0 fully saturated rings. The molecular formula is C7H18NP. The molecule has 0 aliphatic heterocycles. The van der Waals surface area contributed by atoms with Crippen LogP contribution >= 0.6 is 9.24 Å². The Kier molecular flexibility index (Phi) is 2.67. The summed E-state index contributed by atoms with van der Waals surface area (Å²) in [7, 11) is 4.81. The van der Waals surface area contributed by atoms with E-state index in [1.54, 1.807) is 0 Å². The summed E-state index contributed by atoms with van der Waals surface area (Å²) in [5.41, 5.74) is 0.298. The van der Waals surface area contributed by atoms with Gasteiger partial charge in [0.25, 0.3) is 0 Å². The fraction of sp³-hybridized carbons (Fsp3) is 1.00. The zero-order chi connectivity index (χ0) is 7.71. The molecule has 2 heteroatoms. The van der Waals surface area contributed by atoms with Crippen LogP contribution in [0, 0.1) is 5.41 Å². The normalized spacial score (nSPS) is 19.3. The summed E-state index contributed by atoms with van der Waals surface area (Å²) >= 11 is 0. The van der Waals surface area contributed by atoms with Crippen molar-refractivity contribution in [1.29, 1.82) is 0 Å². The summed E-state index contributed by atoms with van der Waals surface area (Å²) in [5, 5.41) is 3.39. The molecule has 0 aromatic carbocycles. The maximum Gasteiger partial charge on any atom is 0.0340 e. The zero-order valence-corrected chi connectivity index (χ0v) is 8.23. The molecule has 0 rings (SSSR count). The van der Waals surface area contributed by atoms with E-state index in [0.717, 1.165) is 0 Å². The lowest BCUT2D eigenvalue weighted by molar-refractivity contribution is 0.265. The molecule has 2 unspecified atom stereocenters. The highest BCUT2D eigenvalue weighted by atomic mass is 31.0. The highest BCUT2D eigenvalue weighted by molar-refractivity contribution is 7.18. The van der Waals surface area contributed by atoms with Crippen molar-refractivity contribution in [3.05, 3.63) is 0 Å². The summed E-state index contributed by atoms with van der Waals surface area (Å²) in [6.45, 7) is 8.83. The van der Waals surface area contributed by atoms with Crippen molar-refractivity contribution in [2.75, 3.05) is 7.05 Å². The number of hydrogen-bond donors (Lipinski definition) is 1. The molecular weight excluding hydrogens is 129 g/mol. The molecule has 56 valence electrons. The molecule has 9 heavy (non-hydrogen) atoms. The average molecular weight is 147 g/mol. The van der Waals surface area contributed by atoms with E-state index in [-0.39, 0.29) is 5.28 Å². The fourth-order valence-electron chi connectivity index (χ4n) is 0.375. The first kappa shape index (κ1) is 9.39. The number of hydrogen-bond acceptors (Lipinski definition) is 1. The summed E-state index contributed by atoms with van der Waals surface area (Å²) in [6, 6.07) is 0. The van der Waals surface area contributed by atoms with Gasteiger partial charge in [-0.05, 0) is 19.4 Å². The molecule has 0 spiro atoms. The van der Waals surface area contributed by atoms with E-state index >= 15 is 0 Å². The summed E-state index contributed by atoms with van der Waals surface area (Å²) in [6.07, 6.45) is 0. The van der Waals surface area contributed by atoms with E-state index in [1.807, 2.05) is 7.05 Å². The third kappa shape index (κ3) is 2.23. The smallest absolute Gasteiger partial charge is 0.0340 e. The van der Waals surface area contributed by atoms with Crippen LogP contribution in [-0.4, -0.2) is 12.3 Å². The largest absolute Gasteiger partial charge is 0.311 e. The van der Waals surface area contributed by atoms with Gasteiger partial charge in [-0.1, -0.05) is 20.8 Å². The minimum absolute atomic E-state index is 0.146. The van der Waals surface area contributed by atoms with Crippen LogP contribution in [0.1, 0.15) is 27.7 Å². The summed E-state index contributed by atoms with van der Waals surface area (Å²) < 4.78 is 0. The molecule has 0 saturated heterocycles. The second kappa shape index (κ2) is 2.56. The van der Waals surface area contributed by atoms with E-state index in [0.29, 0.717) is 5.41 Å². The molecule has 1 N–H and O–H groups in total. The fourth-order valence-corrected chi connectivity index (χ4v) is 0.375. The van der Waals surface area contributed by atoms with Crippen molar-refractivity contribution in [3.63, 3.8) is 0 Å². The van der Waals surface area contributed by atoms with Crippen molar-refractivity contribution in [2.24, 2.45) is 5.41 Å². The van der Waals surface area contributed by atoms with Crippen LogP contribution < -0.4 is 5.32 Å². The first-order valence-corrected chi connectivity index (χ1v) is 3.87. The lowest BCUT2D eigenvalue weighted by Gasteiger charge is -2.38. The van der Waals surface area contributed by atoms with Crippen molar-refractivity contribution in [2.45, 2.75) is 33.0 Å². The van der Waals surface area contributed by atoms with Gasteiger partial charge in [-0.25, -0.2) is 0 Å². The molecule has 0 radical (unpaired) electrons. The van der Waals surface area contributed by atoms with Crippen molar-refractivity contribution >= 4 is 9.24 Å². The molecule has 2 atom stereocenters. The van der Waals surface area contributed by atoms with Crippen molar-refractivity contribution in [3.8, 4) is 0 Å². The summed E-state index contributed by atoms with van der Waals surface area (Å²) in [5.74, 6) is 0. The predicted octanol–water partition coefficient (Wildman–Crippen LogP) is 1.84. The Hall–Kier alpha value is 0.390. The molecule has 0 heterocycles. The lowest BCUT2D eigenvalue weighted by atomic mass is 9.87.